The molecule has 1 saturated heterocycles. The third-order valence-corrected chi connectivity index (χ3v) is 5.18. The van der Waals surface area contributed by atoms with Gasteiger partial charge in [-0.3, -0.25) is 0 Å². The third kappa shape index (κ3) is 3.70. The van der Waals surface area contributed by atoms with Crippen molar-refractivity contribution in [2.75, 3.05) is 19.7 Å². The first-order valence-corrected chi connectivity index (χ1v) is 7.91. The number of nitrogens with zero attached hydrogens (tertiary/aromatic N) is 1. The van der Waals surface area contributed by atoms with E-state index in [0.717, 1.165) is 16.4 Å². The first-order chi connectivity index (χ1) is 9.80. The molecule has 116 valence electrons. The Bertz CT molecular complexity index is 651. The molecular formula is C12H13ClFNO5S. The molecule has 0 aliphatic carbocycles. The number of hydrogen-bond acceptors (Lipinski definition) is 4. The van der Waals surface area contributed by atoms with Crippen LogP contribution in [0.15, 0.2) is 23.1 Å². The van der Waals surface area contributed by atoms with E-state index in [-0.39, 0.29) is 18.1 Å². The number of carboxylic acids is 1. The van der Waals surface area contributed by atoms with Gasteiger partial charge in [0.2, 0.25) is 10.0 Å². The lowest BCUT2D eigenvalue weighted by Gasteiger charge is -2.17. The lowest BCUT2D eigenvalue weighted by Crippen LogP contribution is -2.31. The minimum absolute atomic E-state index is 0.0123. The maximum atomic E-state index is 13.7. The van der Waals surface area contributed by atoms with Crippen LogP contribution in [0, 0.1) is 5.82 Å². The Labute approximate surface area is 126 Å². The van der Waals surface area contributed by atoms with E-state index in [1.807, 2.05) is 0 Å². The van der Waals surface area contributed by atoms with Gasteiger partial charge in [-0.05, 0) is 24.6 Å². The molecular weight excluding hydrogens is 325 g/mol. The van der Waals surface area contributed by atoms with Crippen LogP contribution in [0.1, 0.15) is 6.42 Å². The number of ether oxygens (including phenoxy) is 1. The van der Waals surface area contributed by atoms with Crippen LogP contribution in [0.25, 0.3) is 0 Å². The highest BCUT2D eigenvalue weighted by Gasteiger charge is 2.34. The summed E-state index contributed by atoms with van der Waals surface area (Å²) < 4.78 is 44.5. The quantitative estimate of drug-likeness (QED) is 0.876. The molecule has 1 atom stereocenters. The third-order valence-electron chi connectivity index (χ3n) is 3.06. The highest BCUT2D eigenvalue weighted by molar-refractivity contribution is 7.89. The number of rotatable bonds is 5. The molecule has 1 aliphatic rings. The second-order valence-electron chi connectivity index (χ2n) is 4.55. The topological polar surface area (TPSA) is 83.9 Å². The average Bonchev–Trinajstić information content (AvgIpc) is 2.88. The van der Waals surface area contributed by atoms with Crippen LogP contribution in [0.5, 0.6) is 0 Å². The summed E-state index contributed by atoms with van der Waals surface area (Å²) in [6.45, 7) is -0.371. The molecule has 6 nitrogen and oxygen atoms in total. The van der Waals surface area contributed by atoms with Crippen molar-refractivity contribution in [2.45, 2.75) is 17.4 Å². The fourth-order valence-corrected chi connectivity index (χ4v) is 3.87. The Morgan fingerprint density at radius 3 is 2.90 bits per heavy atom. The molecule has 1 fully saturated rings. The number of carboxylic acid groups (broad SMARTS) is 1. The van der Waals surface area contributed by atoms with Crippen molar-refractivity contribution in [3.05, 3.63) is 29.0 Å². The molecule has 0 unspecified atom stereocenters. The van der Waals surface area contributed by atoms with Gasteiger partial charge in [0.15, 0.2) is 0 Å². The van der Waals surface area contributed by atoms with Crippen LogP contribution in [-0.4, -0.2) is 49.6 Å². The first kappa shape index (κ1) is 16.2. The molecule has 21 heavy (non-hydrogen) atoms. The number of carbonyl (C=O) groups is 1. The summed E-state index contributed by atoms with van der Waals surface area (Å²) in [7, 11) is -4.02. The van der Waals surface area contributed by atoms with Crippen molar-refractivity contribution in [1.82, 2.24) is 4.31 Å². The van der Waals surface area contributed by atoms with Gasteiger partial charge < -0.3 is 9.84 Å². The molecule has 1 heterocycles. The lowest BCUT2D eigenvalue weighted by molar-refractivity contribution is -0.144. The van der Waals surface area contributed by atoms with Gasteiger partial charge in [0, 0.05) is 18.1 Å². The Morgan fingerprint density at radius 2 is 2.24 bits per heavy atom. The van der Waals surface area contributed by atoms with Crippen molar-refractivity contribution < 1.29 is 27.4 Å². The second kappa shape index (κ2) is 6.27. The summed E-state index contributed by atoms with van der Waals surface area (Å²) in [4.78, 5) is 9.93. The normalized spacial score (nSPS) is 19.8. The van der Waals surface area contributed by atoms with Crippen molar-refractivity contribution in [1.29, 1.82) is 0 Å². The molecule has 0 aromatic heterocycles. The molecule has 1 aromatic carbocycles. The van der Waals surface area contributed by atoms with Crippen LogP contribution in [0.3, 0.4) is 0 Å². The van der Waals surface area contributed by atoms with E-state index in [2.05, 4.69) is 0 Å². The monoisotopic (exact) mass is 337 g/mol. The van der Waals surface area contributed by atoms with E-state index in [1.54, 1.807) is 0 Å². The number of aliphatic carboxylic acids is 1. The van der Waals surface area contributed by atoms with Gasteiger partial charge in [0.05, 0.1) is 6.10 Å². The van der Waals surface area contributed by atoms with Crippen molar-refractivity contribution in [2.24, 2.45) is 0 Å². The Morgan fingerprint density at radius 1 is 1.52 bits per heavy atom. The molecule has 1 N–H and O–H groups in total. The lowest BCUT2D eigenvalue weighted by atomic mass is 10.3. The molecule has 1 aromatic rings. The molecule has 0 bridgehead atoms. The first-order valence-electron chi connectivity index (χ1n) is 6.09. The zero-order valence-electron chi connectivity index (χ0n) is 10.8. The van der Waals surface area contributed by atoms with E-state index >= 15 is 0 Å². The fourth-order valence-electron chi connectivity index (χ4n) is 2.06. The molecule has 2 rings (SSSR count). The van der Waals surface area contributed by atoms with Crippen LogP contribution in [0.2, 0.25) is 5.02 Å². The minimum Gasteiger partial charge on any atom is -0.480 e. The van der Waals surface area contributed by atoms with Gasteiger partial charge in [-0.15, -0.1) is 0 Å². The highest BCUT2D eigenvalue weighted by atomic mass is 35.5. The van der Waals surface area contributed by atoms with Crippen LogP contribution in [-0.2, 0) is 19.6 Å². The summed E-state index contributed by atoms with van der Waals surface area (Å²) >= 11 is 5.70. The summed E-state index contributed by atoms with van der Waals surface area (Å²) in [6.07, 6.45) is -0.160. The molecule has 0 radical (unpaired) electrons. The Hall–Kier alpha value is -1.22. The van der Waals surface area contributed by atoms with Gasteiger partial charge in [0.1, 0.15) is 17.3 Å². The summed E-state index contributed by atoms with van der Waals surface area (Å²) in [5, 5.41) is 8.64. The summed E-state index contributed by atoms with van der Waals surface area (Å²) in [5.41, 5.74) is 0. The molecule has 0 amide bonds. The average molecular weight is 338 g/mol. The smallest absolute Gasteiger partial charge is 0.329 e. The predicted molar refractivity (Wildman–Crippen MR) is 72.2 cm³/mol. The summed E-state index contributed by atoms with van der Waals surface area (Å²) in [6, 6.07) is 3.31. The maximum absolute atomic E-state index is 13.7. The van der Waals surface area contributed by atoms with Gasteiger partial charge in [0.25, 0.3) is 0 Å². The maximum Gasteiger partial charge on any atom is 0.329 e. The number of halogens is 2. The molecule has 0 spiro atoms. The van der Waals surface area contributed by atoms with E-state index in [4.69, 9.17) is 21.4 Å². The minimum atomic E-state index is -4.02. The Kier molecular flexibility index (Phi) is 4.82. The van der Waals surface area contributed by atoms with Crippen LogP contribution in [0.4, 0.5) is 4.39 Å². The summed E-state index contributed by atoms with van der Waals surface area (Å²) in [5.74, 6) is -2.01. The van der Waals surface area contributed by atoms with Gasteiger partial charge in [-0.1, -0.05) is 11.6 Å². The fraction of sp³-hybridized carbons (Fsp3) is 0.417. The highest BCUT2D eigenvalue weighted by Crippen LogP contribution is 2.26. The SMILES string of the molecule is O=C(O)CO[C@H]1CCN(S(=O)(=O)c2cc(Cl)ccc2F)C1. The van der Waals surface area contributed by atoms with E-state index < -0.39 is 39.4 Å². The van der Waals surface area contributed by atoms with Crippen LogP contribution < -0.4 is 0 Å². The van der Waals surface area contributed by atoms with Gasteiger partial charge >= 0.3 is 5.97 Å². The Balaban J connectivity index is 2.14. The van der Waals surface area contributed by atoms with E-state index in [9.17, 15) is 17.6 Å². The molecule has 0 saturated carbocycles. The van der Waals surface area contributed by atoms with Crippen molar-refractivity contribution in [3.63, 3.8) is 0 Å². The molecule has 9 heteroatoms. The number of hydrogen-bond donors (Lipinski definition) is 1. The largest absolute Gasteiger partial charge is 0.480 e. The number of benzene rings is 1. The van der Waals surface area contributed by atoms with Crippen molar-refractivity contribution in [3.8, 4) is 0 Å². The van der Waals surface area contributed by atoms with E-state index in [0.29, 0.717) is 6.42 Å². The standard InChI is InChI=1S/C12H13ClFNO5S/c13-8-1-2-10(14)11(5-8)21(18,19)15-4-3-9(6-15)20-7-12(16)17/h1-2,5,9H,3-4,6-7H2,(H,16,17)/t9-/m0/s1. The van der Waals surface area contributed by atoms with Crippen molar-refractivity contribution >= 4 is 27.6 Å². The van der Waals surface area contributed by atoms with E-state index in [1.165, 1.54) is 6.07 Å². The molecule has 1 aliphatic heterocycles. The predicted octanol–water partition coefficient (Wildman–Crippen LogP) is 1.34. The van der Waals surface area contributed by atoms with Gasteiger partial charge in [-0.2, -0.15) is 4.31 Å². The number of sulfonamides is 1. The second-order valence-corrected chi connectivity index (χ2v) is 6.90. The zero-order valence-corrected chi connectivity index (χ0v) is 12.4. The van der Waals surface area contributed by atoms with Gasteiger partial charge in [-0.25, -0.2) is 17.6 Å². The van der Waals surface area contributed by atoms with Crippen LogP contribution >= 0.6 is 11.6 Å². The zero-order chi connectivity index (χ0) is 15.6.